The standard InChI is InChI=1S/C17H19N5O3S2/c1-25-13-5-3-12(4-6-13)14-15-16(26-20-14)17(19-11-18-15)21-7-9-22(10-8-21)27(2,23)24/h3-6,11H,7-10H2,1-2H3. The molecule has 1 saturated heterocycles. The van der Waals surface area contributed by atoms with Crippen molar-refractivity contribution in [3.8, 4) is 17.0 Å². The largest absolute Gasteiger partial charge is 0.497 e. The number of hydrogen-bond acceptors (Lipinski definition) is 8. The lowest BCUT2D eigenvalue weighted by Gasteiger charge is -2.33. The highest BCUT2D eigenvalue weighted by molar-refractivity contribution is 7.88. The molecule has 3 heterocycles. The lowest BCUT2D eigenvalue weighted by Crippen LogP contribution is -2.48. The molecule has 0 N–H and O–H groups in total. The maximum atomic E-state index is 11.7. The average Bonchev–Trinajstić information content (AvgIpc) is 3.12. The molecule has 142 valence electrons. The van der Waals surface area contributed by atoms with E-state index in [0.717, 1.165) is 33.0 Å². The lowest BCUT2D eigenvalue weighted by molar-refractivity contribution is 0.387. The molecule has 27 heavy (non-hydrogen) atoms. The zero-order valence-electron chi connectivity index (χ0n) is 15.0. The molecule has 0 aliphatic carbocycles. The molecule has 8 nitrogen and oxygen atoms in total. The molecular weight excluding hydrogens is 386 g/mol. The summed E-state index contributed by atoms with van der Waals surface area (Å²) in [5.74, 6) is 1.60. The fourth-order valence-electron chi connectivity index (χ4n) is 3.15. The quantitative estimate of drug-likeness (QED) is 0.654. The molecule has 0 amide bonds. The molecule has 1 fully saturated rings. The van der Waals surface area contributed by atoms with Crippen molar-refractivity contribution in [1.29, 1.82) is 0 Å². The summed E-state index contributed by atoms with van der Waals surface area (Å²) in [6, 6.07) is 7.71. The number of hydrogen-bond donors (Lipinski definition) is 0. The molecule has 1 aliphatic heterocycles. The first-order chi connectivity index (χ1) is 13.0. The van der Waals surface area contributed by atoms with Gasteiger partial charge in [0.1, 0.15) is 28.0 Å². The molecule has 2 aromatic heterocycles. The fraction of sp³-hybridized carbons (Fsp3) is 0.353. The van der Waals surface area contributed by atoms with Crippen LogP contribution in [0.3, 0.4) is 0 Å². The number of methoxy groups -OCH3 is 1. The molecule has 0 spiro atoms. The minimum absolute atomic E-state index is 0.453. The van der Waals surface area contributed by atoms with Crippen LogP contribution in [0.15, 0.2) is 30.6 Å². The number of piperazine rings is 1. The summed E-state index contributed by atoms with van der Waals surface area (Å²) in [7, 11) is -1.52. The Kier molecular flexibility index (Phi) is 4.70. The van der Waals surface area contributed by atoms with Crippen molar-refractivity contribution in [3.63, 3.8) is 0 Å². The maximum absolute atomic E-state index is 11.7. The van der Waals surface area contributed by atoms with Crippen molar-refractivity contribution in [2.45, 2.75) is 0 Å². The summed E-state index contributed by atoms with van der Waals surface area (Å²) in [6.45, 7) is 2.09. The van der Waals surface area contributed by atoms with Crippen LogP contribution in [0, 0.1) is 0 Å². The van der Waals surface area contributed by atoms with Gasteiger partial charge in [-0.15, -0.1) is 0 Å². The average molecular weight is 406 g/mol. The molecular formula is C17H19N5O3S2. The van der Waals surface area contributed by atoms with Crippen LogP contribution in [-0.4, -0.2) is 66.6 Å². The zero-order valence-corrected chi connectivity index (χ0v) is 16.6. The van der Waals surface area contributed by atoms with Gasteiger partial charge in [0.2, 0.25) is 10.0 Å². The van der Waals surface area contributed by atoms with Crippen LogP contribution in [0.1, 0.15) is 0 Å². The van der Waals surface area contributed by atoms with Crippen molar-refractivity contribution in [1.82, 2.24) is 18.6 Å². The normalized spacial score (nSPS) is 16.0. The first-order valence-corrected chi connectivity index (χ1v) is 11.0. The van der Waals surface area contributed by atoms with Crippen molar-refractivity contribution < 1.29 is 13.2 Å². The van der Waals surface area contributed by atoms with Crippen LogP contribution < -0.4 is 9.64 Å². The van der Waals surface area contributed by atoms with Crippen molar-refractivity contribution in [3.05, 3.63) is 30.6 Å². The molecule has 0 bridgehead atoms. The number of rotatable bonds is 4. The number of aromatic nitrogens is 3. The molecule has 4 rings (SSSR count). The number of sulfonamides is 1. The van der Waals surface area contributed by atoms with E-state index in [1.807, 2.05) is 24.3 Å². The number of nitrogens with zero attached hydrogens (tertiary/aromatic N) is 5. The summed E-state index contributed by atoms with van der Waals surface area (Å²) in [6.07, 6.45) is 2.79. The highest BCUT2D eigenvalue weighted by Gasteiger charge is 2.26. The van der Waals surface area contributed by atoms with Gasteiger partial charge in [-0.25, -0.2) is 18.4 Å². The Morgan fingerprint density at radius 2 is 1.78 bits per heavy atom. The van der Waals surface area contributed by atoms with Gasteiger partial charge in [-0.05, 0) is 35.8 Å². The Balaban J connectivity index is 1.65. The first kappa shape index (κ1) is 18.1. The number of fused-ring (bicyclic) bond motifs is 1. The van der Waals surface area contributed by atoms with E-state index >= 15 is 0 Å². The van der Waals surface area contributed by atoms with Crippen molar-refractivity contribution >= 4 is 37.6 Å². The van der Waals surface area contributed by atoms with Gasteiger partial charge in [0.15, 0.2) is 5.82 Å². The van der Waals surface area contributed by atoms with E-state index in [2.05, 4.69) is 19.2 Å². The molecule has 0 saturated carbocycles. The predicted octanol–water partition coefficient (Wildman–Crippen LogP) is 1.84. The Morgan fingerprint density at radius 1 is 1.07 bits per heavy atom. The Hall–Kier alpha value is -2.30. The predicted molar refractivity (Wildman–Crippen MR) is 106 cm³/mol. The summed E-state index contributed by atoms with van der Waals surface area (Å²) in [5.41, 5.74) is 2.59. The van der Waals surface area contributed by atoms with Crippen LogP contribution in [0.5, 0.6) is 5.75 Å². The van der Waals surface area contributed by atoms with Gasteiger partial charge in [-0.1, -0.05) is 0 Å². The summed E-state index contributed by atoms with van der Waals surface area (Å²) in [4.78, 5) is 11.0. The van der Waals surface area contributed by atoms with E-state index in [1.165, 1.54) is 22.1 Å². The van der Waals surface area contributed by atoms with Crippen LogP contribution in [-0.2, 0) is 10.0 Å². The summed E-state index contributed by atoms with van der Waals surface area (Å²) in [5, 5.41) is 0. The van der Waals surface area contributed by atoms with Crippen LogP contribution in [0.2, 0.25) is 0 Å². The molecule has 0 unspecified atom stereocenters. The molecule has 0 radical (unpaired) electrons. The van der Waals surface area contributed by atoms with Crippen LogP contribution in [0.4, 0.5) is 5.82 Å². The summed E-state index contributed by atoms with van der Waals surface area (Å²) < 4.78 is 35.6. The van der Waals surface area contributed by atoms with E-state index in [4.69, 9.17) is 4.74 Å². The minimum atomic E-state index is -3.16. The highest BCUT2D eigenvalue weighted by atomic mass is 32.2. The number of anilines is 1. The van der Waals surface area contributed by atoms with Gasteiger partial charge < -0.3 is 9.64 Å². The summed E-state index contributed by atoms with van der Waals surface area (Å²) >= 11 is 1.37. The van der Waals surface area contributed by atoms with Gasteiger partial charge in [-0.3, -0.25) is 0 Å². The molecule has 1 aromatic carbocycles. The second-order valence-corrected chi connectivity index (χ2v) is 9.04. The molecule has 10 heteroatoms. The van der Waals surface area contributed by atoms with E-state index in [9.17, 15) is 8.42 Å². The topological polar surface area (TPSA) is 88.5 Å². The fourth-order valence-corrected chi connectivity index (χ4v) is 4.85. The van der Waals surface area contributed by atoms with E-state index in [0.29, 0.717) is 26.2 Å². The lowest BCUT2D eigenvalue weighted by atomic mass is 10.1. The van der Waals surface area contributed by atoms with Crippen LogP contribution >= 0.6 is 11.5 Å². The SMILES string of the molecule is COc1ccc(-c2nsc3c(N4CCN(S(C)(=O)=O)CC4)ncnc23)cc1. The Bertz CT molecular complexity index is 1060. The second-order valence-electron chi connectivity index (χ2n) is 6.28. The maximum Gasteiger partial charge on any atom is 0.211 e. The van der Waals surface area contributed by atoms with Gasteiger partial charge in [-0.2, -0.15) is 8.68 Å². The van der Waals surface area contributed by atoms with Gasteiger partial charge in [0.25, 0.3) is 0 Å². The van der Waals surface area contributed by atoms with E-state index in [1.54, 1.807) is 13.4 Å². The zero-order chi connectivity index (χ0) is 19.0. The third-order valence-corrected chi connectivity index (χ3v) is 6.74. The Morgan fingerprint density at radius 3 is 2.41 bits per heavy atom. The molecule has 1 aliphatic rings. The van der Waals surface area contributed by atoms with Gasteiger partial charge in [0, 0.05) is 31.7 Å². The minimum Gasteiger partial charge on any atom is -0.497 e. The van der Waals surface area contributed by atoms with Gasteiger partial charge >= 0.3 is 0 Å². The molecule has 0 atom stereocenters. The van der Waals surface area contributed by atoms with Gasteiger partial charge in [0.05, 0.1) is 13.4 Å². The monoisotopic (exact) mass is 405 g/mol. The third-order valence-electron chi connectivity index (χ3n) is 4.61. The third kappa shape index (κ3) is 3.47. The van der Waals surface area contributed by atoms with Crippen LogP contribution in [0.25, 0.3) is 21.5 Å². The smallest absolute Gasteiger partial charge is 0.211 e. The van der Waals surface area contributed by atoms with E-state index in [-0.39, 0.29) is 0 Å². The molecule has 3 aromatic rings. The number of benzene rings is 1. The highest BCUT2D eigenvalue weighted by Crippen LogP contribution is 2.35. The Labute approximate surface area is 161 Å². The van der Waals surface area contributed by atoms with Crippen molar-refractivity contribution in [2.75, 3.05) is 44.4 Å². The first-order valence-electron chi connectivity index (χ1n) is 8.42. The second kappa shape index (κ2) is 7.02. The van der Waals surface area contributed by atoms with Crippen molar-refractivity contribution in [2.24, 2.45) is 0 Å². The van der Waals surface area contributed by atoms with E-state index < -0.39 is 10.0 Å². The number of ether oxygens (including phenoxy) is 1.